The van der Waals surface area contributed by atoms with Crippen LogP contribution < -0.4 is 10.5 Å². The van der Waals surface area contributed by atoms with Crippen molar-refractivity contribution in [2.75, 3.05) is 11.4 Å². The van der Waals surface area contributed by atoms with Gasteiger partial charge in [-0.25, -0.2) is 4.98 Å². The molecule has 0 saturated heterocycles. The van der Waals surface area contributed by atoms with Crippen molar-refractivity contribution in [1.82, 2.24) is 9.97 Å². The van der Waals surface area contributed by atoms with Gasteiger partial charge in [-0.1, -0.05) is 13.8 Å². The molecule has 6 nitrogen and oxygen atoms in total. The number of hydrogen-bond donors (Lipinski definition) is 2. The van der Waals surface area contributed by atoms with Gasteiger partial charge in [-0.2, -0.15) is 0 Å². The highest BCUT2D eigenvalue weighted by atomic mass is 16.4. The lowest BCUT2D eigenvalue weighted by molar-refractivity contribution is -0.137. The molecule has 0 saturated carbocycles. The van der Waals surface area contributed by atoms with Crippen LogP contribution in [-0.4, -0.2) is 33.6 Å². The van der Waals surface area contributed by atoms with Gasteiger partial charge in [-0.05, 0) is 13.8 Å². The SMILES string of the molecule is CCN(c1cc(=O)[nH]c(C(C)C)n1)C(C)CC(=O)O. The van der Waals surface area contributed by atoms with Crippen molar-refractivity contribution < 1.29 is 9.90 Å². The number of hydrogen-bond acceptors (Lipinski definition) is 4. The van der Waals surface area contributed by atoms with E-state index in [0.29, 0.717) is 18.2 Å². The van der Waals surface area contributed by atoms with Crippen LogP contribution in [0.4, 0.5) is 5.82 Å². The van der Waals surface area contributed by atoms with Gasteiger partial charge < -0.3 is 15.0 Å². The fraction of sp³-hybridized carbons (Fsp3) is 0.615. The van der Waals surface area contributed by atoms with E-state index >= 15 is 0 Å². The topological polar surface area (TPSA) is 86.3 Å². The maximum absolute atomic E-state index is 11.6. The molecule has 1 atom stereocenters. The summed E-state index contributed by atoms with van der Waals surface area (Å²) in [5.41, 5.74) is -0.213. The summed E-state index contributed by atoms with van der Waals surface area (Å²) >= 11 is 0. The Labute approximate surface area is 112 Å². The highest BCUT2D eigenvalue weighted by Gasteiger charge is 2.18. The van der Waals surface area contributed by atoms with Crippen molar-refractivity contribution >= 4 is 11.8 Å². The van der Waals surface area contributed by atoms with Crippen LogP contribution in [0.1, 0.15) is 45.9 Å². The van der Waals surface area contributed by atoms with Crippen molar-refractivity contribution in [2.45, 2.75) is 46.1 Å². The Hall–Kier alpha value is -1.85. The molecule has 19 heavy (non-hydrogen) atoms. The third-order valence-corrected chi connectivity index (χ3v) is 2.93. The van der Waals surface area contributed by atoms with Crippen LogP contribution >= 0.6 is 0 Å². The third kappa shape index (κ3) is 4.08. The Bertz CT molecular complexity index is 496. The predicted molar refractivity (Wildman–Crippen MR) is 73.7 cm³/mol. The zero-order valence-electron chi connectivity index (χ0n) is 11.8. The summed E-state index contributed by atoms with van der Waals surface area (Å²) in [6.07, 6.45) is 0.0132. The van der Waals surface area contributed by atoms with E-state index < -0.39 is 5.97 Å². The minimum Gasteiger partial charge on any atom is -0.481 e. The van der Waals surface area contributed by atoms with Gasteiger partial charge in [0.15, 0.2) is 0 Å². The number of aromatic nitrogens is 2. The summed E-state index contributed by atoms with van der Waals surface area (Å²) in [7, 11) is 0. The lowest BCUT2D eigenvalue weighted by atomic mass is 10.2. The van der Waals surface area contributed by atoms with Crippen molar-refractivity contribution in [3.63, 3.8) is 0 Å². The first-order valence-corrected chi connectivity index (χ1v) is 6.44. The Morgan fingerprint density at radius 3 is 2.58 bits per heavy atom. The molecule has 1 rings (SSSR count). The molecule has 1 unspecified atom stereocenters. The number of carboxylic acid groups (broad SMARTS) is 1. The molecular weight excluding hydrogens is 246 g/mol. The van der Waals surface area contributed by atoms with Gasteiger partial charge in [0.25, 0.3) is 5.56 Å². The molecule has 1 aromatic heterocycles. The first kappa shape index (κ1) is 15.2. The number of aromatic amines is 1. The van der Waals surface area contributed by atoms with Gasteiger partial charge in [0.05, 0.1) is 6.42 Å². The van der Waals surface area contributed by atoms with Crippen molar-refractivity contribution in [3.05, 3.63) is 22.2 Å². The zero-order chi connectivity index (χ0) is 14.6. The molecule has 1 aromatic rings. The van der Waals surface area contributed by atoms with Gasteiger partial charge in [0.2, 0.25) is 0 Å². The molecule has 0 fully saturated rings. The Morgan fingerprint density at radius 2 is 2.11 bits per heavy atom. The van der Waals surface area contributed by atoms with E-state index in [-0.39, 0.29) is 23.9 Å². The lowest BCUT2D eigenvalue weighted by Crippen LogP contribution is -2.36. The summed E-state index contributed by atoms with van der Waals surface area (Å²) in [5.74, 6) is 0.396. The van der Waals surface area contributed by atoms with E-state index in [0.717, 1.165) is 0 Å². The molecule has 2 N–H and O–H groups in total. The quantitative estimate of drug-likeness (QED) is 0.817. The molecule has 1 heterocycles. The van der Waals surface area contributed by atoms with E-state index in [4.69, 9.17) is 5.11 Å². The molecule has 0 aliphatic heterocycles. The first-order valence-electron chi connectivity index (χ1n) is 6.44. The highest BCUT2D eigenvalue weighted by molar-refractivity contribution is 5.68. The molecule has 0 aliphatic rings. The summed E-state index contributed by atoms with van der Waals surface area (Å²) < 4.78 is 0. The number of H-pyrrole nitrogens is 1. The van der Waals surface area contributed by atoms with E-state index in [1.807, 2.05) is 32.6 Å². The summed E-state index contributed by atoms with van der Waals surface area (Å²) in [5, 5.41) is 8.86. The Morgan fingerprint density at radius 1 is 1.47 bits per heavy atom. The van der Waals surface area contributed by atoms with Gasteiger partial charge >= 0.3 is 5.97 Å². The minimum absolute atomic E-state index is 0.0132. The predicted octanol–water partition coefficient (Wildman–Crippen LogP) is 1.58. The van der Waals surface area contributed by atoms with Crippen molar-refractivity contribution in [2.24, 2.45) is 0 Å². The number of carboxylic acids is 1. The number of nitrogens with zero attached hydrogens (tertiary/aromatic N) is 2. The summed E-state index contributed by atoms with van der Waals surface area (Å²) in [6, 6.07) is 1.20. The van der Waals surface area contributed by atoms with Crippen LogP contribution in [-0.2, 0) is 4.79 Å². The molecule has 0 aromatic carbocycles. The van der Waals surface area contributed by atoms with Crippen LogP contribution in [0, 0.1) is 0 Å². The third-order valence-electron chi connectivity index (χ3n) is 2.93. The van der Waals surface area contributed by atoms with Gasteiger partial charge in [0.1, 0.15) is 11.6 Å². The molecular formula is C13H21N3O3. The smallest absolute Gasteiger partial charge is 0.305 e. The van der Waals surface area contributed by atoms with Crippen LogP contribution in [0.5, 0.6) is 0 Å². The van der Waals surface area contributed by atoms with E-state index in [2.05, 4.69) is 9.97 Å². The summed E-state index contributed by atoms with van der Waals surface area (Å²) in [4.78, 5) is 31.4. The lowest BCUT2D eigenvalue weighted by Gasteiger charge is -2.28. The van der Waals surface area contributed by atoms with Crippen molar-refractivity contribution in [3.8, 4) is 0 Å². The monoisotopic (exact) mass is 267 g/mol. The second kappa shape index (κ2) is 6.36. The number of aliphatic carboxylic acids is 1. The Balaban J connectivity index is 3.10. The molecule has 0 amide bonds. The Kier molecular flexibility index (Phi) is 5.09. The van der Waals surface area contributed by atoms with Crippen LogP contribution in [0.15, 0.2) is 10.9 Å². The van der Waals surface area contributed by atoms with Gasteiger partial charge in [-0.3, -0.25) is 9.59 Å². The van der Waals surface area contributed by atoms with Gasteiger partial charge in [0, 0.05) is 24.6 Å². The normalized spacial score (nSPS) is 12.5. The maximum Gasteiger partial charge on any atom is 0.305 e. The number of anilines is 1. The number of carbonyl (C=O) groups is 1. The minimum atomic E-state index is -0.861. The van der Waals surface area contributed by atoms with Crippen molar-refractivity contribution in [1.29, 1.82) is 0 Å². The second-order valence-electron chi connectivity index (χ2n) is 4.88. The average Bonchev–Trinajstić information content (AvgIpc) is 2.27. The molecule has 0 spiro atoms. The second-order valence-corrected chi connectivity index (χ2v) is 4.88. The largest absolute Gasteiger partial charge is 0.481 e. The molecule has 6 heteroatoms. The molecule has 0 aliphatic carbocycles. The van der Waals surface area contributed by atoms with Crippen LogP contribution in [0.2, 0.25) is 0 Å². The number of nitrogens with one attached hydrogen (secondary N) is 1. The van der Waals surface area contributed by atoms with Crippen LogP contribution in [0.3, 0.4) is 0 Å². The standard InChI is InChI=1S/C13H21N3O3/c1-5-16(9(4)6-12(18)19)10-7-11(17)15-13(14-10)8(2)3/h7-9H,5-6H2,1-4H3,(H,18,19)(H,14,15,17). The average molecular weight is 267 g/mol. The van der Waals surface area contributed by atoms with E-state index in [1.54, 1.807) is 0 Å². The highest BCUT2D eigenvalue weighted by Crippen LogP contribution is 2.16. The maximum atomic E-state index is 11.6. The van der Waals surface area contributed by atoms with E-state index in [1.165, 1.54) is 6.07 Å². The zero-order valence-corrected chi connectivity index (χ0v) is 11.8. The van der Waals surface area contributed by atoms with E-state index in [9.17, 15) is 9.59 Å². The molecule has 106 valence electrons. The summed E-state index contributed by atoms with van der Waals surface area (Å²) in [6.45, 7) is 8.21. The van der Waals surface area contributed by atoms with Gasteiger partial charge in [-0.15, -0.1) is 0 Å². The fourth-order valence-corrected chi connectivity index (χ4v) is 1.95. The first-order chi connectivity index (χ1) is 8.85. The van der Waals surface area contributed by atoms with Crippen LogP contribution in [0.25, 0.3) is 0 Å². The molecule has 0 radical (unpaired) electrons. The number of rotatable bonds is 6. The fourth-order valence-electron chi connectivity index (χ4n) is 1.95. The molecule has 0 bridgehead atoms.